The van der Waals surface area contributed by atoms with E-state index in [0.717, 1.165) is 18.3 Å². The molecule has 0 aromatic carbocycles. The Kier molecular flexibility index (Phi) is 11.8. The fraction of sp³-hybridized carbons (Fsp3) is 0.818. The van der Waals surface area contributed by atoms with Crippen LogP contribution in [0.3, 0.4) is 0 Å². The average Bonchev–Trinajstić information content (AvgIpc) is 1.82. The van der Waals surface area contributed by atoms with Crippen LogP contribution in [-0.4, -0.2) is 0 Å². The molecule has 0 heterocycles. The molecule has 0 bridgehead atoms. The predicted octanol–water partition coefficient (Wildman–Crippen LogP) is 4.27. The second kappa shape index (κ2) is 9.74. The Labute approximate surface area is 72.7 Å². The molecule has 0 aromatic rings. The lowest BCUT2D eigenvalue weighted by Gasteiger charge is -1.96. The zero-order valence-corrected chi connectivity index (χ0v) is 8.85. The zero-order chi connectivity index (χ0) is 9.28. The number of hydrogen-bond donors (Lipinski definition) is 0. The van der Waals surface area contributed by atoms with Crippen LogP contribution in [0, 0.1) is 11.8 Å². The van der Waals surface area contributed by atoms with Gasteiger partial charge in [-0.3, -0.25) is 0 Å². The monoisotopic (exact) mass is 156 g/mol. The molecule has 0 fully saturated rings. The van der Waals surface area contributed by atoms with Gasteiger partial charge in [-0.2, -0.15) is 0 Å². The number of allylic oxidation sites excluding steroid dienone is 1. The van der Waals surface area contributed by atoms with Crippen molar-refractivity contribution < 1.29 is 0 Å². The normalized spacial score (nSPS) is 9.36. The lowest BCUT2D eigenvalue weighted by atomic mass is 10.1. The van der Waals surface area contributed by atoms with Gasteiger partial charge in [0.25, 0.3) is 0 Å². The van der Waals surface area contributed by atoms with Crippen LogP contribution in [0.15, 0.2) is 12.7 Å². The van der Waals surface area contributed by atoms with Gasteiger partial charge in [0.2, 0.25) is 0 Å². The molecule has 0 rings (SSSR count). The summed E-state index contributed by atoms with van der Waals surface area (Å²) in [5, 5.41) is 0. The summed E-state index contributed by atoms with van der Waals surface area (Å²) in [4.78, 5) is 0. The van der Waals surface area contributed by atoms with E-state index in [9.17, 15) is 0 Å². The van der Waals surface area contributed by atoms with Gasteiger partial charge in [0.05, 0.1) is 0 Å². The average molecular weight is 156 g/mol. The highest BCUT2D eigenvalue weighted by Gasteiger charge is 1.87. The maximum atomic E-state index is 3.63. The minimum atomic E-state index is 0.831. The van der Waals surface area contributed by atoms with Crippen LogP contribution in [0.2, 0.25) is 0 Å². The van der Waals surface area contributed by atoms with Crippen molar-refractivity contribution in [2.24, 2.45) is 11.8 Å². The number of rotatable bonds is 3. The fourth-order valence-electron chi connectivity index (χ4n) is 0.451. The SMILES string of the molecule is C=CCCC(C)C.CC(C)C. The summed E-state index contributed by atoms with van der Waals surface area (Å²) in [6.07, 6.45) is 4.42. The lowest BCUT2D eigenvalue weighted by Crippen LogP contribution is -1.82. The van der Waals surface area contributed by atoms with Crippen LogP contribution in [0.5, 0.6) is 0 Å². The molecule has 0 N–H and O–H groups in total. The number of hydrogen-bond acceptors (Lipinski definition) is 0. The van der Waals surface area contributed by atoms with Gasteiger partial charge in [-0.15, -0.1) is 6.58 Å². The van der Waals surface area contributed by atoms with E-state index in [1.165, 1.54) is 6.42 Å². The summed E-state index contributed by atoms with van der Waals surface area (Å²) >= 11 is 0. The Morgan fingerprint density at radius 3 is 1.55 bits per heavy atom. The molecule has 11 heavy (non-hydrogen) atoms. The van der Waals surface area contributed by atoms with E-state index in [-0.39, 0.29) is 0 Å². The second-order valence-corrected chi connectivity index (χ2v) is 3.99. The summed E-state index contributed by atoms with van der Waals surface area (Å²) in [6.45, 7) is 14.6. The summed E-state index contributed by atoms with van der Waals surface area (Å²) < 4.78 is 0. The van der Waals surface area contributed by atoms with E-state index >= 15 is 0 Å². The molecule has 0 aromatic heterocycles. The third-order valence-corrected chi connectivity index (χ3v) is 0.948. The predicted molar refractivity (Wildman–Crippen MR) is 54.8 cm³/mol. The molecule has 0 amide bonds. The molecule has 0 saturated heterocycles. The van der Waals surface area contributed by atoms with Crippen LogP contribution < -0.4 is 0 Å². The summed E-state index contributed by atoms with van der Waals surface area (Å²) in [6, 6.07) is 0. The highest BCUT2D eigenvalue weighted by Crippen LogP contribution is 2.02. The lowest BCUT2D eigenvalue weighted by molar-refractivity contribution is 0.595. The first-order valence-corrected chi connectivity index (χ1v) is 4.61. The first-order valence-electron chi connectivity index (χ1n) is 4.61. The third-order valence-electron chi connectivity index (χ3n) is 0.948. The highest BCUT2D eigenvalue weighted by molar-refractivity contribution is 4.66. The molecule has 0 heteroatoms. The van der Waals surface area contributed by atoms with Crippen LogP contribution in [0.25, 0.3) is 0 Å². The smallest absolute Gasteiger partial charge is 0.0351 e. The van der Waals surface area contributed by atoms with Crippen molar-refractivity contribution >= 4 is 0 Å². The molecular formula is C11H24. The van der Waals surface area contributed by atoms with Crippen molar-refractivity contribution in [3.05, 3.63) is 12.7 Å². The van der Waals surface area contributed by atoms with Gasteiger partial charge >= 0.3 is 0 Å². The Morgan fingerprint density at radius 1 is 1.09 bits per heavy atom. The molecular weight excluding hydrogens is 132 g/mol. The maximum Gasteiger partial charge on any atom is -0.0351 e. The molecule has 0 atom stereocenters. The van der Waals surface area contributed by atoms with Gasteiger partial charge in [0.1, 0.15) is 0 Å². The van der Waals surface area contributed by atoms with Crippen molar-refractivity contribution in [3.8, 4) is 0 Å². The molecule has 0 aliphatic heterocycles. The van der Waals surface area contributed by atoms with E-state index in [0.29, 0.717) is 0 Å². The second-order valence-electron chi connectivity index (χ2n) is 3.99. The summed E-state index contributed by atoms with van der Waals surface area (Å²) in [5.41, 5.74) is 0. The molecule has 0 saturated carbocycles. The fourth-order valence-corrected chi connectivity index (χ4v) is 0.451. The molecule has 0 aliphatic rings. The first kappa shape index (κ1) is 13.3. The van der Waals surface area contributed by atoms with Crippen molar-refractivity contribution in [2.75, 3.05) is 0 Å². The summed E-state index contributed by atoms with van der Waals surface area (Å²) in [5.74, 6) is 1.66. The van der Waals surface area contributed by atoms with E-state index in [1.54, 1.807) is 0 Å². The third kappa shape index (κ3) is 41.7. The van der Waals surface area contributed by atoms with Gasteiger partial charge in [-0.05, 0) is 24.7 Å². The topological polar surface area (TPSA) is 0 Å². The molecule has 0 nitrogen and oxygen atoms in total. The largest absolute Gasteiger partial charge is 0.103 e. The Morgan fingerprint density at radius 2 is 1.45 bits per heavy atom. The molecule has 0 spiro atoms. The van der Waals surface area contributed by atoms with Crippen molar-refractivity contribution in [2.45, 2.75) is 47.5 Å². The van der Waals surface area contributed by atoms with Crippen molar-refractivity contribution in [3.63, 3.8) is 0 Å². The standard InChI is InChI=1S/C7H14.C4H10/c1-4-5-6-7(2)3;1-4(2)3/h4,7H,1,5-6H2,2-3H3;4H,1-3H3. The molecule has 0 aliphatic carbocycles. The van der Waals surface area contributed by atoms with Crippen molar-refractivity contribution in [1.29, 1.82) is 0 Å². The Hall–Kier alpha value is -0.260. The maximum absolute atomic E-state index is 3.63. The van der Waals surface area contributed by atoms with Crippen molar-refractivity contribution in [1.82, 2.24) is 0 Å². The Bertz CT molecular complexity index is 67.4. The zero-order valence-electron chi connectivity index (χ0n) is 8.85. The van der Waals surface area contributed by atoms with E-state index in [4.69, 9.17) is 0 Å². The molecule has 68 valence electrons. The minimum absolute atomic E-state index is 0.831. The first-order chi connectivity index (χ1) is 5.00. The van der Waals surface area contributed by atoms with Gasteiger partial charge in [-0.25, -0.2) is 0 Å². The van der Waals surface area contributed by atoms with E-state index < -0.39 is 0 Å². The van der Waals surface area contributed by atoms with Gasteiger partial charge in [0.15, 0.2) is 0 Å². The highest BCUT2D eigenvalue weighted by atomic mass is 13.9. The van der Waals surface area contributed by atoms with Crippen LogP contribution in [0.4, 0.5) is 0 Å². The minimum Gasteiger partial charge on any atom is -0.103 e. The van der Waals surface area contributed by atoms with Crippen LogP contribution in [0.1, 0.15) is 47.5 Å². The van der Waals surface area contributed by atoms with Gasteiger partial charge < -0.3 is 0 Å². The quantitative estimate of drug-likeness (QED) is 0.535. The summed E-state index contributed by atoms with van der Waals surface area (Å²) in [7, 11) is 0. The van der Waals surface area contributed by atoms with Crippen LogP contribution in [-0.2, 0) is 0 Å². The molecule has 0 unspecified atom stereocenters. The molecule has 0 radical (unpaired) electrons. The van der Waals surface area contributed by atoms with Gasteiger partial charge in [0, 0.05) is 0 Å². The van der Waals surface area contributed by atoms with Crippen LogP contribution >= 0.6 is 0 Å². The van der Waals surface area contributed by atoms with E-state index in [2.05, 4.69) is 41.2 Å². The van der Waals surface area contributed by atoms with Gasteiger partial charge in [-0.1, -0.05) is 40.7 Å². The van der Waals surface area contributed by atoms with E-state index in [1.807, 2.05) is 6.08 Å². The Balaban J connectivity index is 0.